The predicted octanol–water partition coefficient (Wildman–Crippen LogP) is 0.589. The minimum atomic E-state index is -3.60. The number of ether oxygens (including phenoxy) is 1. The van der Waals surface area contributed by atoms with Crippen molar-refractivity contribution in [1.29, 1.82) is 0 Å². The monoisotopic (exact) mass is 301 g/mol. The van der Waals surface area contributed by atoms with Gasteiger partial charge in [0.2, 0.25) is 10.0 Å². The van der Waals surface area contributed by atoms with Gasteiger partial charge in [0, 0.05) is 0 Å². The SMILES string of the molecule is CC(C)OC(=O)[C@H](O)[C@@H](NS(C)(=O)=O)c1ccccc1. The number of nitrogens with one attached hydrogen (secondary N) is 1. The van der Waals surface area contributed by atoms with E-state index in [1.54, 1.807) is 44.2 Å². The van der Waals surface area contributed by atoms with Gasteiger partial charge in [-0.3, -0.25) is 0 Å². The molecule has 2 atom stereocenters. The summed E-state index contributed by atoms with van der Waals surface area (Å²) in [6.07, 6.45) is -1.05. The van der Waals surface area contributed by atoms with Gasteiger partial charge in [0.1, 0.15) is 0 Å². The Hall–Kier alpha value is -1.44. The van der Waals surface area contributed by atoms with Gasteiger partial charge in [0.05, 0.1) is 18.4 Å². The predicted molar refractivity (Wildman–Crippen MR) is 74.4 cm³/mol. The first-order chi connectivity index (χ1) is 9.20. The second-order valence-corrected chi connectivity index (χ2v) is 6.49. The van der Waals surface area contributed by atoms with Gasteiger partial charge in [-0.15, -0.1) is 0 Å². The molecule has 0 bridgehead atoms. The van der Waals surface area contributed by atoms with Crippen LogP contribution in [0.3, 0.4) is 0 Å². The highest BCUT2D eigenvalue weighted by molar-refractivity contribution is 7.88. The summed E-state index contributed by atoms with van der Waals surface area (Å²) in [4.78, 5) is 11.7. The van der Waals surface area contributed by atoms with Crippen molar-refractivity contribution in [3.63, 3.8) is 0 Å². The van der Waals surface area contributed by atoms with Gasteiger partial charge < -0.3 is 9.84 Å². The number of aliphatic hydroxyl groups excluding tert-OH is 1. The van der Waals surface area contributed by atoms with Gasteiger partial charge in [-0.25, -0.2) is 17.9 Å². The van der Waals surface area contributed by atoms with E-state index in [1.165, 1.54) is 0 Å². The van der Waals surface area contributed by atoms with Crippen molar-refractivity contribution in [2.75, 3.05) is 6.26 Å². The normalized spacial score (nSPS) is 14.8. The van der Waals surface area contributed by atoms with Crippen LogP contribution in [0.25, 0.3) is 0 Å². The van der Waals surface area contributed by atoms with E-state index in [9.17, 15) is 18.3 Å². The summed E-state index contributed by atoms with van der Waals surface area (Å²) in [5.41, 5.74) is 0.478. The first-order valence-electron chi connectivity index (χ1n) is 6.11. The van der Waals surface area contributed by atoms with Crippen LogP contribution in [0.15, 0.2) is 30.3 Å². The molecule has 0 aromatic heterocycles. The standard InChI is InChI=1S/C13H19NO5S/c1-9(2)19-13(16)12(15)11(14-20(3,17)18)10-7-5-4-6-8-10/h4-9,11-12,14-15H,1-3H3/t11-,12+/m0/s1. The summed E-state index contributed by atoms with van der Waals surface area (Å²) in [5.74, 6) is -0.870. The maximum atomic E-state index is 11.7. The topological polar surface area (TPSA) is 92.7 Å². The molecule has 0 radical (unpaired) electrons. The van der Waals surface area contributed by atoms with Crippen molar-refractivity contribution < 1.29 is 23.1 Å². The van der Waals surface area contributed by atoms with Crippen molar-refractivity contribution in [3.05, 3.63) is 35.9 Å². The van der Waals surface area contributed by atoms with E-state index in [0.717, 1.165) is 6.26 Å². The molecule has 6 nitrogen and oxygen atoms in total. The third kappa shape index (κ3) is 5.28. The van der Waals surface area contributed by atoms with Gasteiger partial charge in [-0.2, -0.15) is 0 Å². The minimum absolute atomic E-state index is 0.396. The Morgan fingerprint density at radius 2 is 1.80 bits per heavy atom. The van der Waals surface area contributed by atoms with Crippen molar-refractivity contribution >= 4 is 16.0 Å². The molecular formula is C13H19NO5S. The highest BCUT2D eigenvalue weighted by Gasteiger charge is 2.31. The number of hydrogen-bond acceptors (Lipinski definition) is 5. The highest BCUT2D eigenvalue weighted by atomic mass is 32.2. The van der Waals surface area contributed by atoms with E-state index >= 15 is 0 Å². The molecule has 0 aliphatic carbocycles. The van der Waals surface area contributed by atoms with Gasteiger partial charge in [-0.1, -0.05) is 30.3 Å². The number of aliphatic hydroxyl groups is 1. The fourth-order valence-corrected chi connectivity index (χ4v) is 2.37. The Morgan fingerprint density at radius 1 is 1.25 bits per heavy atom. The summed E-state index contributed by atoms with van der Waals surface area (Å²) in [5, 5.41) is 10.0. The third-order valence-corrected chi connectivity index (χ3v) is 3.09. The molecule has 112 valence electrons. The Bertz CT molecular complexity index is 541. The zero-order chi connectivity index (χ0) is 15.3. The van der Waals surface area contributed by atoms with Gasteiger partial charge in [0.25, 0.3) is 0 Å². The lowest BCUT2D eigenvalue weighted by Gasteiger charge is -2.23. The van der Waals surface area contributed by atoms with Crippen LogP contribution < -0.4 is 4.72 Å². The van der Waals surface area contributed by atoms with Crippen LogP contribution in [-0.2, 0) is 19.6 Å². The summed E-state index contributed by atoms with van der Waals surface area (Å²) >= 11 is 0. The van der Waals surface area contributed by atoms with Crippen LogP contribution in [-0.4, -0.2) is 38.0 Å². The molecule has 1 rings (SSSR count). The third-order valence-electron chi connectivity index (χ3n) is 2.41. The highest BCUT2D eigenvalue weighted by Crippen LogP contribution is 2.19. The van der Waals surface area contributed by atoms with Crippen LogP contribution in [0.1, 0.15) is 25.5 Å². The lowest BCUT2D eigenvalue weighted by Crippen LogP contribution is -2.41. The van der Waals surface area contributed by atoms with E-state index in [2.05, 4.69) is 4.72 Å². The summed E-state index contributed by atoms with van der Waals surface area (Å²) < 4.78 is 29.9. The molecule has 0 saturated heterocycles. The molecule has 0 amide bonds. The van der Waals surface area contributed by atoms with Crippen LogP contribution in [0, 0.1) is 0 Å². The maximum Gasteiger partial charge on any atom is 0.337 e. The zero-order valence-electron chi connectivity index (χ0n) is 11.6. The number of esters is 1. The molecule has 0 fully saturated rings. The number of hydrogen-bond donors (Lipinski definition) is 2. The second-order valence-electron chi connectivity index (χ2n) is 4.71. The van der Waals surface area contributed by atoms with E-state index < -0.39 is 34.2 Å². The second kappa shape index (κ2) is 6.83. The Balaban J connectivity index is 3.02. The Kier molecular flexibility index (Phi) is 5.67. The number of rotatable bonds is 6. The molecule has 0 unspecified atom stereocenters. The van der Waals surface area contributed by atoms with Crippen molar-refractivity contribution in [3.8, 4) is 0 Å². The molecule has 0 heterocycles. The molecule has 20 heavy (non-hydrogen) atoms. The Morgan fingerprint density at radius 3 is 2.25 bits per heavy atom. The summed E-state index contributed by atoms with van der Waals surface area (Å²) in [6, 6.07) is 7.28. The smallest absolute Gasteiger partial charge is 0.337 e. The molecule has 0 aliphatic rings. The first kappa shape index (κ1) is 16.6. The molecule has 1 aromatic rings. The van der Waals surface area contributed by atoms with E-state index in [0.29, 0.717) is 5.56 Å². The van der Waals surface area contributed by atoms with E-state index in [1.807, 2.05) is 0 Å². The quantitative estimate of drug-likeness (QED) is 0.750. The lowest BCUT2D eigenvalue weighted by molar-refractivity contribution is -0.158. The summed E-state index contributed by atoms with van der Waals surface area (Å²) in [7, 11) is -3.60. The van der Waals surface area contributed by atoms with Crippen molar-refractivity contribution in [2.24, 2.45) is 0 Å². The zero-order valence-corrected chi connectivity index (χ0v) is 12.4. The van der Waals surface area contributed by atoms with Crippen molar-refractivity contribution in [1.82, 2.24) is 4.72 Å². The van der Waals surface area contributed by atoms with Crippen molar-refractivity contribution in [2.45, 2.75) is 32.1 Å². The van der Waals surface area contributed by atoms with E-state index in [-0.39, 0.29) is 0 Å². The fourth-order valence-electron chi connectivity index (χ4n) is 1.64. The maximum absolute atomic E-state index is 11.7. The van der Waals surface area contributed by atoms with Crippen LogP contribution in [0.2, 0.25) is 0 Å². The molecule has 0 saturated carbocycles. The average Bonchev–Trinajstić information content (AvgIpc) is 2.34. The summed E-state index contributed by atoms with van der Waals surface area (Å²) in [6.45, 7) is 3.29. The molecule has 1 aromatic carbocycles. The molecule has 0 spiro atoms. The first-order valence-corrected chi connectivity index (χ1v) is 8.00. The largest absolute Gasteiger partial charge is 0.461 e. The molecule has 0 aliphatic heterocycles. The van der Waals surface area contributed by atoms with Crippen LogP contribution >= 0.6 is 0 Å². The van der Waals surface area contributed by atoms with Gasteiger partial charge >= 0.3 is 5.97 Å². The fraction of sp³-hybridized carbons (Fsp3) is 0.462. The number of carbonyl (C=O) groups is 1. The average molecular weight is 301 g/mol. The Labute approximate surface area is 118 Å². The van der Waals surface area contributed by atoms with Crippen LogP contribution in [0.4, 0.5) is 0 Å². The lowest BCUT2D eigenvalue weighted by atomic mass is 10.0. The number of sulfonamides is 1. The molecule has 2 N–H and O–H groups in total. The minimum Gasteiger partial charge on any atom is -0.461 e. The molecule has 7 heteroatoms. The van der Waals surface area contributed by atoms with Gasteiger partial charge in [-0.05, 0) is 19.4 Å². The number of carbonyl (C=O) groups excluding carboxylic acids is 1. The van der Waals surface area contributed by atoms with Gasteiger partial charge in [0.15, 0.2) is 6.10 Å². The number of benzene rings is 1. The van der Waals surface area contributed by atoms with Crippen LogP contribution in [0.5, 0.6) is 0 Å². The molecular weight excluding hydrogens is 282 g/mol. The van der Waals surface area contributed by atoms with E-state index in [4.69, 9.17) is 4.74 Å².